The van der Waals surface area contributed by atoms with E-state index in [0.717, 1.165) is 41.5 Å². The fraction of sp³-hybridized carbons (Fsp3) is 0.471. The molecule has 0 amide bonds. The molecular weight excluding hydrogens is 344 g/mol. The highest BCUT2D eigenvalue weighted by Gasteiger charge is 2.45. The van der Waals surface area contributed by atoms with Crippen LogP contribution in [0.1, 0.15) is 37.9 Å². The van der Waals surface area contributed by atoms with Gasteiger partial charge in [-0.1, -0.05) is 29.3 Å². The van der Waals surface area contributed by atoms with E-state index in [2.05, 4.69) is 45.3 Å². The topological polar surface area (TPSA) is 54.1 Å². The largest absolute Gasteiger partial charge is 0.464 e. The summed E-state index contributed by atoms with van der Waals surface area (Å²) in [6, 6.07) is 6.20. The summed E-state index contributed by atoms with van der Waals surface area (Å²) in [6.45, 7) is 5.12. The van der Waals surface area contributed by atoms with Crippen molar-refractivity contribution < 1.29 is 9.53 Å². The standard InChI is InChI=1S/C17H21BrN2O2/c1-3-8-17(16(21)22-4-2)15-12(7-9-19-17)13-10-11(18)5-6-14(13)20-15/h5-6,10,19-20H,3-4,7-9H2,1-2H3/t17-/m1/s1. The molecule has 2 heterocycles. The Labute approximate surface area is 138 Å². The lowest BCUT2D eigenvalue weighted by Crippen LogP contribution is -2.54. The summed E-state index contributed by atoms with van der Waals surface area (Å²) in [6.07, 6.45) is 2.55. The minimum Gasteiger partial charge on any atom is -0.464 e. The molecule has 2 N–H and O–H groups in total. The number of H-pyrrole nitrogens is 1. The average Bonchev–Trinajstić information content (AvgIpc) is 2.87. The van der Waals surface area contributed by atoms with Gasteiger partial charge in [-0.25, -0.2) is 4.79 Å². The second kappa shape index (κ2) is 6.05. The monoisotopic (exact) mass is 364 g/mol. The van der Waals surface area contributed by atoms with E-state index in [9.17, 15) is 4.79 Å². The lowest BCUT2D eigenvalue weighted by Gasteiger charge is -2.36. The highest BCUT2D eigenvalue weighted by atomic mass is 79.9. The minimum absolute atomic E-state index is 0.177. The molecule has 1 aliphatic rings. The van der Waals surface area contributed by atoms with Crippen LogP contribution >= 0.6 is 15.9 Å². The van der Waals surface area contributed by atoms with Crippen LogP contribution in [-0.2, 0) is 21.5 Å². The van der Waals surface area contributed by atoms with E-state index in [0.29, 0.717) is 6.61 Å². The lowest BCUT2D eigenvalue weighted by atomic mass is 9.83. The molecule has 1 aliphatic heterocycles. The summed E-state index contributed by atoms with van der Waals surface area (Å²) in [5, 5.41) is 4.62. The third-order valence-corrected chi connectivity index (χ3v) is 4.84. The van der Waals surface area contributed by atoms with Gasteiger partial charge in [-0.05, 0) is 43.5 Å². The first-order chi connectivity index (χ1) is 10.6. The summed E-state index contributed by atoms with van der Waals surface area (Å²) in [5.74, 6) is -0.177. The number of ether oxygens (including phenoxy) is 1. The van der Waals surface area contributed by atoms with E-state index < -0.39 is 5.54 Å². The van der Waals surface area contributed by atoms with Crippen molar-refractivity contribution in [2.75, 3.05) is 13.2 Å². The predicted molar refractivity (Wildman–Crippen MR) is 90.9 cm³/mol. The van der Waals surface area contributed by atoms with Gasteiger partial charge in [0.2, 0.25) is 0 Å². The van der Waals surface area contributed by atoms with Crippen LogP contribution in [0.4, 0.5) is 0 Å². The molecule has 0 saturated heterocycles. The molecule has 0 spiro atoms. The van der Waals surface area contributed by atoms with Gasteiger partial charge >= 0.3 is 5.97 Å². The molecule has 5 heteroatoms. The molecule has 0 saturated carbocycles. The second-order valence-electron chi connectivity index (χ2n) is 5.72. The van der Waals surface area contributed by atoms with Crippen molar-refractivity contribution >= 4 is 32.8 Å². The third-order valence-electron chi connectivity index (χ3n) is 4.35. The molecule has 0 radical (unpaired) electrons. The number of aromatic amines is 1. The van der Waals surface area contributed by atoms with Crippen LogP contribution in [0.5, 0.6) is 0 Å². The Morgan fingerprint density at radius 2 is 2.23 bits per heavy atom. The van der Waals surface area contributed by atoms with Gasteiger partial charge in [0.05, 0.1) is 12.3 Å². The molecule has 22 heavy (non-hydrogen) atoms. The van der Waals surface area contributed by atoms with Crippen LogP contribution in [0.3, 0.4) is 0 Å². The van der Waals surface area contributed by atoms with Crippen LogP contribution in [0.2, 0.25) is 0 Å². The number of rotatable bonds is 4. The number of nitrogens with one attached hydrogen (secondary N) is 2. The maximum Gasteiger partial charge on any atom is 0.332 e. The number of fused-ring (bicyclic) bond motifs is 3. The van der Waals surface area contributed by atoms with Crippen molar-refractivity contribution in [1.29, 1.82) is 0 Å². The Morgan fingerprint density at radius 1 is 1.41 bits per heavy atom. The summed E-state index contributed by atoms with van der Waals surface area (Å²) < 4.78 is 6.44. The number of benzene rings is 1. The summed E-state index contributed by atoms with van der Waals surface area (Å²) in [5.41, 5.74) is 2.54. The van der Waals surface area contributed by atoms with Crippen molar-refractivity contribution in [2.45, 2.75) is 38.6 Å². The van der Waals surface area contributed by atoms with Crippen LogP contribution in [0, 0.1) is 0 Å². The van der Waals surface area contributed by atoms with Crippen molar-refractivity contribution in [3.05, 3.63) is 33.9 Å². The molecule has 3 rings (SSSR count). The average molecular weight is 365 g/mol. The molecule has 118 valence electrons. The maximum absolute atomic E-state index is 12.7. The smallest absolute Gasteiger partial charge is 0.332 e. The number of carbonyl (C=O) groups excluding carboxylic acids is 1. The molecule has 0 bridgehead atoms. The predicted octanol–water partition coefficient (Wildman–Crippen LogP) is 3.63. The van der Waals surface area contributed by atoms with Gasteiger partial charge in [0.25, 0.3) is 0 Å². The summed E-state index contributed by atoms with van der Waals surface area (Å²) in [4.78, 5) is 16.2. The normalized spacial score (nSPS) is 20.9. The van der Waals surface area contributed by atoms with E-state index in [-0.39, 0.29) is 5.97 Å². The van der Waals surface area contributed by atoms with Gasteiger partial charge in [0, 0.05) is 21.9 Å². The number of carbonyl (C=O) groups is 1. The number of aromatic nitrogens is 1. The number of halogens is 1. The highest BCUT2D eigenvalue weighted by molar-refractivity contribution is 9.10. The highest BCUT2D eigenvalue weighted by Crippen LogP contribution is 2.38. The van der Waals surface area contributed by atoms with E-state index in [1.54, 1.807) is 0 Å². The van der Waals surface area contributed by atoms with Crippen LogP contribution in [-0.4, -0.2) is 24.1 Å². The van der Waals surface area contributed by atoms with Gasteiger partial charge in [0.1, 0.15) is 0 Å². The van der Waals surface area contributed by atoms with E-state index in [4.69, 9.17) is 4.74 Å². The Bertz CT molecular complexity index is 710. The van der Waals surface area contributed by atoms with Crippen LogP contribution in [0.15, 0.2) is 22.7 Å². The van der Waals surface area contributed by atoms with E-state index in [1.165, 1.54) is 10.9 Å². The first-order valence-electron chi connectivity index (χ1n) is 7.85. The zero-order chi connectivity index (χ0) is 15.7. The lowest BCUT2D eigenvalue weighted by molar-refractivity contribution is -0.152. The van der Waals surface area contributed by atoms with Gasteiger partial charge < -0.3 is 9.72 Å². The summed E-state index contributed by atoms with van der Waals surface area (Å²) in [7, 11) is 0. The number of esters is 1. The molecule has 0 fully saturated rings. The first kappa shape index (κ1) is 15.6. The zero-order valence-electron chi connectivity index (χ0n) is 13.0. The van der Waals surface area contributed by atoms with Crippen molar-refractivity contribution in [1.82, 2.24) is 10.3 Å². The van der Waals surface area contributed by atoms with Crippen molar-refractivity contribution in [2.24, 2.45) is 0 Å². The van der Waals surface area contributed by atoms with Gasteiger partial charge in [0.15, 0.2) is 5.54 Å². The van der Waals surface area contributed by atoms with Crippen molar-refractivity contribution in [3.63, 3.8) is 0 Å². The minimum atomic E-state index is -0.746. The Hall–Kier alpha value is -1.33. The molecular formula is C17H21BrN2O2. The van der Waals surface area contributed by atoms with Gasteiger partial charge in [-0.15, -0.1) is 0 Å². The Morgan fingerprint density at radius 3 is 2.95 bits per heavy atom. The molecule has 0 unspecified atom stereocenters. The molecule has 1 aromatic heterocycles. The van der Waals surface area contributed by atoms with E-state index >= 15 is 0 Å². The molecule has 2 aromatic rings. The van der Waals surface area contributed by atoms with Crippen LogP contribution in [0.25, 0.3) is 10.9 Å². The quantitative estimate of drug-likeness (QED) is 0.814. The molecule has 4 nitrogen and oxygen atoms in total. The number of hydrogen-bond acceptors (Lipinski definition) is 3. The number of hydrogen-bond donors (Lipinski definition) is 2. The molecule has 1 atom stereocenters. The summed E-state index contributed by atoms with van der Waals surface area (Å²) >= 11 is 3.54. The fourth-order valence-electron chi connectivity index (χ4n) is 3.45. The molecule has 1 aromatic carbocycles. The maximum atomic E-state index is 12.7. The van der Waals surface area contributed by atoms with E-state index in [1.807, 2.05) is 13.0 Å². The Kier molecular flexibility index (Phi) is 4.28. The van der Waals surface area contributed by atoms with Gasteiger partial charge in [-0.3, -0.25) is 5.32 Å². The van der Waals surface area contributed by atoms with Crippen molar-refractivity contribution in [3.8, 4) is 0 Å². The third kappa shape index (κ3) is 2.36. The SMILES string of the molecule is CCC[C@@]1(C(=O)OCC)NCCc2c1[nH]c1ccc(Br)cc21. The zero-order valence-corrected chi connectivity index (χ0v) is 14.5. The fourth-order valence-corrected chi connectivity index (χ4v) is 3.81. The second-order valence-corrected chi connectivity index (χ2v) is 6.64. The first-order valence-corrected chi connectivity index (χ1v) is 8.64. The van der Waals surface area contributed by atoms with Crippen LogP contribution < -0.4 is 5.32 Å². The Balaban J connectivity index is 2.20. The molecule has 0 aliphatic carbocycles. The van der Waals surface area contributed by atoms with Gasteiger partial charge in [-0.2, -0.15) is 0 Å².